The van der Waals surface area contributed by atoms with Gasteiger partial charge in [0.1, 0.15) is 10.5 Å². The van der Waals surface area contributed by atoms with Gasteiger partial charge in [0.15, 0.2) is 5.65 Å². The number of carbonyl (C=O) groups is 1. The Kier molecular flexibility index (Phi) is 4.78. The fourth-order valence-corrected chi connectivity index (χ4v) is 3.14. The predicted molar refractivity (Wildman–Crippen MR) is 90.4 cm³/mol. The zero-order valence-corrected chi connectivity index (χ0v) is 13.9. The molecular weight excluding hydrogens is 334 g/mol. The van der Waals surface area contributed by atoms with Crippen molar-refractivity contribution in [1.29, 1.82) is 0 Å². The maximum absolute atomic E-state index is 12.1. The van der Waals surface area contributed by atoms with E-state index in [1.165, 1.54) is 18.1 Å². The smallest absolute Gasteiger partial charge is 0.230 e. The molecule has 23 heavy (non-hydrogen) atoms. The van der Waals surface area contributed by atoms with Crippen molar-refractivity contribution in [2.24, 2.45) is 0 Å². The normalized spacial score (nSPS) is 12.3. The van der Waals surface area contributed by atoms with Crippen LogP contribution in [-0.4, -0.2) is 31.6 Å². The summed E-state index contributed by atoms with van der Waals surface area (Å²) in [6, 6.07) is 9.76. The summed E-state index contributed by atoms with van der Waals surface area (Å²) in [5.41, 5.74) is 2.24. The molecule has 2 N–H and O–H groups in total. The van der Waals surface area contributed by atoms with Gasteiger partial charge in [-0.05, 0) is 24.1 Å². The molecule has 0 aliphatic carbocycles. The number of benzene rings is 1. The molecule has 0 saturated heterocycles. The van der Waals surface area contributed by atoms with Crippen LogP contribution in [0.1, 0.15) is 18.5 Å². The summed E-state index contributed by atoms with van der Waals surface area (Å²) >= 11 is 7.17. The van der Waals surface area contributed by atoms with Crippen LogP contribution in [0, 0.1) is 0 Å². The van der Waals surface area contributed by atoms with Crippen molar-refractivity contribution < 1.29 is 4.79 Å². The molecule has 8 heteroatoms. The van der Waals surface area contributed by atoms with Gasteiger partial charge in [0.05, 0.1) is 18.1 Å². The van der Waals surface area contributed by atoms with Crippen LogP contribution in [-0.2, 0) is 4.79 Å². The minimum absolute atomic E-state index is 0.0505. The van der Waals surface area contributed by atoms with Crippen molar-refractivity contribution in [3.8, 4) is 0 Å². The first kappa shape index (κ1) is 15.8. The molecule has 6 nitrogen and oxygen atoms in total. The number of imidazole rings is 1. The SMILES string of the molecule is C[C@H](NC(=O)CSc1nc(Cl)nc2nc[nH]c12)c1ccccc1. The predicted octanol–water partition coefficient (Wildman–Crippen LogP) is 2.98. The summed E-state index contributed by atoms with van der Waals surface area (Å²) in [6.07, 6.45) is 1.53. The Balaban J connectivity index is 1.63. The summed E-state index contributed by atoms with van der Waals surface area (Å²) in [5, 5.41) is 3.69. The molecule has 3 aromatic rings. The van der Waals surface area contributed by atoms with Gasteiger partial charge in [0.2, 0.25) is 11.2 Å². The van der Waals surface area contributed by atoms with Crippen LogP contribution in [0.4, 0.5) is 0 Å². The van der Waals surface area contributed by atoms with Gasteiger partial charge in [-0.15, -0.1) is 0 Å². The molecule has 1 amide bonds. The summed E-state index contributed by atoms with van der Waals surface area (Å²) in [5.74, 6) is 0.160. The number of carbonyl (C=O) groups excluding carboxylic acids is 1. The number of thioether (sulfide) groups is 1. The lowest BCUT2D eigenvalue weighted by molar-refractivity contribution is -0.119. The molecule has 0 radical (unpaired) electrons. The maximum Gasteiger partial charge on any atom is 0.230 e. The van der Waals surface area contributed by atoms with Crippen LogP contribution < -0.4 is 5.32 Å². The second-order valence-electron chi connectivity index (χ2n) is 4.89. The summed E-state index contributed by atoms with van der Waals surface area (Å²) in [6.45, 7) is 1.95. The molecule has 3 rings (SSSR count). The molecule has 0 fully saturated rings. The van der Waals surface area contributed by atoms with Gasteiger partial charge in [0.25, 0.3) is 0 Å². The van der Waals surface area contributed by atoms with E-state index in [1.54, 1.807) is 0 Å². The number of halogens is 1. The zero-order valence-electron chi connectivity index (χ0n) is 12.3. The Bertz CT molecular complexity index is 823. The number of nitrogens with zero attached hydrogens (tertiary/aromatic N) is 3. The maximum atomic E-state index is 12.1. The van der Waals surface area contributed by atoms with Crippen molar-refractivity contribution in [3.63, 3.8) is 0 Å². The van der Waals surface area contributed by atoms with Crippen LogP contribution in [0.15, 0.2) is 41.7 Å². The highest BCUT2D eigenvalue weighted by atomic mass is 35.5. The standard InChI is InChI=1S/C15H14ClN5OS/c1-9(10-5-3-2-4-6-10)19-11(22)7-23-14-12-13(18-8-17-12)20-15(16)21-14/h2-6,8-9H,7H2,1H3,(H,19,22)(H,17,18,20,21)/t9-/m0/s1. The van der Waals surface area contributed by atoms with Gasteiger partial charge < -0.3 is 10.3 Å². The minimum atomic E-state index is -0.0752. The lowest BCUT2D eigenvalue weighted by atomic mass is 10.1. The van der Waals surface area contributed by atoms with E-state index in [9.17, 15) is 4.79 Å². The molecule has 0 saturated carbocycles. The van der Waals surface area contributed by atoms with E-state index in [-0.39, 0.29) is 23.0 Å². The second-order valence-corrected chi connectivity index (χ2v) is 6.19. The van der Waals surface area contributed by atoms with Gasteiger partial charge in [-0.3, -0.25) is 4.79 Å². The third-order valence-corrected chi connectivity index (χ3v) is 4.39. The van der Waals surface area contributed by atoms with Crippen molar-refractivity contribution >= 4 is 40.4 Å². The Labute approximate surface area is 142 Å². The third-order valence-electron chi connectivity index (χ3n) is 3.24. The van der Waals surface area contributed by atoms with Gasteiger partial charge in [0, 0.05) is 0 Å². The fourth-order valence-electron chi connectivity index (χ4n) is 2.13. The molecule has 0 aliphatic heterocycles. The molecule has 2 aromatic heterocycles. The molecule has 0 unspecified atom stereocenters. The zero-order chi connectivity index (χ0) is 16.2. The number of aromatic nitrogens is 4. The topological polar surface area (TPSA) is 83.6 Å². The van der Waals surface area contributed by atoms with Crippen molar-refractivity contribution in [3.05, 3.63) is 47.5 Å². The molecule has 0 aliphatic rings. The van der Waals surface area contributed by atoms with E-state index in [4.69, 9.17) is 11.6 Å². The van der Waals surface area contributed by atoms with Crippen LogP contribution in [0.5, 0.6) is 0 Å². The number of aromatic amines is 1. The van der Waals surface area contributed by atoms with Crippen LogP contribution in [0.3, 0.4) is 0 Å². The van der Waals surface area contributed by atoms with E-state index >= 15 is 0 Å². The molecular formula is C15H14ClN5OS. The van der Waals surface area contributed by atoms with Crippen molar-refractivity contribution in [1.82, 2.24) is 25.3 Å². The first-order chi connectivity index (χ1) is 11.1. The van der Waals surface area contributed by atoms with Crippen molar-refractivity contribution in [2.45, 2.75) is 18.0 Å². The van der Waals surface area contributed by atoms with Gasteiger partial charge in [-0.25, -0.2) is 9.97 Å². The Morgan fingerprint density at radius 1 is 1.35 bits per heavy atom. The molecule has 1 aromatic carbocycles. The highest BCUT2D eigenvalue weighted by Gasteiger charge is 2.13. The van der Waals surface area contributed by atoms with Gasteiger partial charge in [-0.1, -0.05) is 42.1 Å². The number of hydrogen-bond donors (Lipinski definition) is 2. The average Bonchev–Trinajstić information content (AvgIpc) is 3.01. The molecule has 0 bridgehead atoms. The number of nitrogens with one attached hydrogen (secondary N) is 2. The van der Waals surface area contributed by atoms with E-state index in [0.29, 0.717) is 16.2 Å². The number of fused-ring (bicyclic) bond motifs is 1. The Hall–Kier alpha value is -2.12. The average molecular weight is 348 g/mol. The lowest BCUT2D eigenvalue weighted by Gasteiger charge is -2.14. The first-order valence-electron chi connectivity index (χ1n) is 6.97. The molecule has 2 heterocycles. The van der Waals surface area contributed by atoms with Crippen molar-refractivity contribution in [2.75, 3.05) is 5.75 Å². The first-order valence-corrected chi connectivity index (χ1v) is 8.33. The number of H-pyrrole nitrogens is 1. The van der Waals surface area contributed by atoms with Gasteiger partial charge in [-0.2, -0.15) is 4.98 Å². The lowest BCUT2D eigenvalue weighted by Crippen LogP contribution is -2.28. The molecule has 1 atom stereocenters. The van der Waals surface area contributed by atoms with E-state index in [2.05, 4.69) is 25.3 Å². The molecule has 118 valence electrons. The monoisotopic (exact) mass is 347 g/mol. The number of rotatable bonds is 5. The Morgan fingerprint density at radius 3 is 2.91 bits per heavy atom. The molecule has 0 spiro atoms. The summed E-state index contributed by atoms with van der Waals surface area (Å²) in [4.78, 5) is 27.3. The largest absolute Gasteiger partial charge is 0.349 e. The highest BCUT2D eigenvalue weighted by molar-refractivity contribution is 8.00. The second kappa shape index (κ2) is 6.97. The Morgan fingerprint density at radius 2 is 2.13 bits per heavy atom. The third kappa shape index (κ3) is 3.80. The van der Waals surface area contributed by atoms with E-state index < -0.39 is 0 Å². The fraction of sp³-hybridized carbons (Fsp3) is 0.200. The number of hydrogen-bond acceptors (Lipinski definition) is 5. The number of amides is 1. The van der Waals surface area contributed by atoms with E-state index in [0.717, 1.165) is 5.56 Å². The van der Waals surface area contributed by atoms with Gasteiger partial charge >= 0.3 is 0 Å². The van der Waals surface area contributed by atoms with Crippen LogP contribution in [0.25, 0.3) is 11.2 Å². The van der Waals surface area contributed by atoms with Crippen LogP contribution >= 0.6 is 23.4 Å². The quantitative estimate of drug-likeness (QED) is 0.421. The highest BCUT2D eigenvalue weighted by Crippen LogP contribution is 2.24. The van der Waals surface area contributed by atoms with E-state index in [1.807, 2.05) is 37.3 Å². The van der Waals surface area contributed by atoms with Crippen LogP contribution in [0.2, 0.25) is 5.28 Å². The minimum Gasteiger partial charge on any atom is -0.349 e. The summed E-state index contributed by atoms with van der Waals surface area (Å²) in [7, 11) is 0. The summed E-state index contributed by atoms with van der Waals surface area (Å²) < 4.78 is 0.